The second-order valence-electron chi connectivity index (χ2n) is 7.93. The van der Waals surface area contributed by atoms with Crippen molar-refractivity contribution in [1.82, 2.24) is 15.5 Å². The standard InChI is InChI=1S/C19H25N3O4/c1-12(9-19(2,3)4)7-16(23)20-10-17-21-18(22-26-17)13-5-6-14-15(8-13)25-11-24-14/h5-6,8,12H,7,9-11H2,1-4H3,(H,20,23). The molecule has 0 bridgehead atoms. The molecular weight excluding hydrogens is 334 g/mol. The van der Waals surface area contributed by atoms with Gasteiger partial charge >= 0.3 is 0 Å². The number of amides is 1. The largest absolute Gasteiger partial charge is 0.454 e. The Hall–Kier alpha value is -2.57. The zero-order valence-corrected chi connectivity index (χ0v) is 15.7. The van der Waals surface area contributed by atoms with Gasteiger partial charge in [0.1, 0.15) is 0 Å². The third-order valence-electron chi connectivity index (χ3n) is 4.03. The molecule has 7 heteroatoms. The van der Waals surface area contributed by atoms with Crippen LogP contribution in [0, 0.1) is 11.3 Å². The molecule has 0 radical (unpaired) electrons. The van der Waals surface area contributed by atoms with E-state index in [-0.39, 0.29) is 24.7 Å². The first-order valence-electron chi connectivity index (χ1n) is 8.79. The summed E-state index contributed by atoms with van der Waals surface area (Å²) in [5, 5.41) is 6.81. The maximum Gasteiger partial charge on any atom is 0.246 e. The third kappa shape index (κ3) is 4.74. The van der Waals surface area contributed by atoms with E-state index in [1.165, 1.54) is 0 Å². The first-order valence-corrected chi connectivity index (χ1v) is 8.79. The van der Waals surface area contributed by atoms with Crippen LogP contribution in [-0.4, -0.2) is 22.8 Å². The Balaban J connectivity index is 1.53. The minimum atomic E-state index is -0.00965. The van der Waals surface area contributed by atoms with E-state index in [2.05, 4.69) is 43.2 Å². The predicted octanol–water partition coefficient (Wildman–Crippen LogP) is 3.54. The Morgan fingerprint density at radius 1 is 1.27 bits per heavy atom. The molecule has 2 heterocycles. The highest BCUT2D eigenvalue weighted by Crippen LogP contribution is 2.35. The monoisotopic (exact) mass is 359 g/mol. The Morgan fingerprint density at radius 2 is 2.04 bits per heavy atom. The molecule has 0 saturated carbocycles. The van der Waals surface area contributed by atoms with Gasteiger partial charge < -0.3 is 19.3 Å². The summed E-state index contributed by atoms with van der Waals surface area (Å²) in [6, 6.07) is 5.46. The average molecular weight is 359 g/mol. The first kappa shape index (κ1) is 18.2. The molecule has 1 aromatic heterocycles. The van der Waals surface area contributed by atoms with Crippen LogP contribution in [0.15, 0.2) is 22.7 Å². The summed E-state index contributed by atoms with van der Waals surface area (Å²) in [6.45, 7) is 9.07. The Morgan fingerprint density at radius 3 is 2.81 bits per heavy atom. The molecule has 1 aromatic carbocycles. The van der Waals surface area contributed by atoms with E-state index in [0.29, 0.717) is 35.6 Å². The lowest BCUT2D eigenvalue weighted by atomic mass is 9.84. The van der Waals surface area contributed by atoms with Crippen LogP contribution in [0.2, 0.25) is 0 Å². The van der Waals surface area contributed by atoms with Crippen LogP contribution in [0.25, 0.3) is 11.4 Å². The Labute approximate surface area is 153 Å². The highest BCUT2D eigenvalue weighted by atomic mass is 16.7. The smallest absolute Gasteiger partial charge is 0.246 e. The minimum Gasteiger partial charge on any atom is -0.454 e. The van der Waals surface area contributed by atoms with Crippen LogP contribution in [0.4, 0.5) is 0 Å². The van der Waals surface area contributed by atoms with Gasteiger partial charge in [-0.05, 0) is 36.0 Å². The maximum absolute atomic E-state index is 12.1. The van der Waals surface area contributed by atoms with Crippen LogP contribution in [-0.2, 0) is 11.3 Å². The number of nitrogens with zero attached hydrogens (tertiary/aromatic N) is 2. The van der Waals surface area contributed by atoms with Gasteiger partial charge in [-0.15, -0.1) is 0 Å². The number of nitrogens with one attached hydrogen (secondary N) is 1. The number of aromatic nitrogens is 2. The molecule has 1 amide bonds. The second kappa shape index (κ2) is 7.35. The van der Waals surface area contributed by atoms with Crippen LogP contribution in [0.1, 0.15) is 46.4 Å². The topological polar surface area (TPSA) is 86.5 Å². The highest BCUT2D eigenvalue weighted by molar-refractivity contribution is 5.76. The minimum absolute atomic E-state index is 0.00965. The Kier molecular flexibility index (Phi) is 5.15. The second-order valence-corrected chi connectivity index (χ2v) is 7.93. The van der Waals surface area contributed by atoms with Crippen LogP contribution < -0.4 is 14.8 Å². The van der Waals surface area contributed by atoms with Gasteiger partial charge in [0.15, 0.2) is 11.5 Å². The van der Waals surface area contributed by atoms with E-state index in [0.717, 1.165) is 12.0 Å². The van der Waals surface area contributed by atoms with E-state index in [1.54, 1.807) is 0 Å². The van der Waals surface area contributed by atoms with E-state index in [9.17, 15) is 4.79 Å². The third-order valence-corrected chi connectivity index (χ3v) is 4.03. The van der Waals surface area contributed by atoms with Gasteiger partial charge in [0.2, 0.25) is 24.4 Å². The lowest BCUT2D eigenvalue weighted by molar-refractivity contribution is -0.122. The van der Waals surface area contributed by atoms with Crippen molar-refractivity contribution < 1.29 is 18.8 Å². The number of rotatable bonds is 6. The lowest BCUT2D eigenvalue weighted by Crippen LogP contribution is -2.25. The predicted molar refractivity (Wildman–Crippen MR) is 95.6 cm³/mol. The number of hydrogen-bond acceptors (Lipinski definition) is 6. The number of hydrogen-bond donors (Lipinski definition) is 1. The number of carbonyl (C=O) groups is 1. The molecular formula is C19H25N3O4. The van der Waals surface area contributed by atoms with Crippen molar-refractivity contribution in [3.05, 3.63) is 24.1 Å². The normalized spacial score (nSPS) is 14.3. The lowest BCUT2D eigenvalue weighted by Gasteiger charge is -2.22. The fourth-order valence-electron chi connectivity index (χ4n) is 3.16. The zero-order valence-electron chi connectivity index (χ0n) is 15.7. The number of benzene rings is 1. The summed E-state index contributed by atoms with van der Waals surface area (Å²) in [4.78, 5) is 16.4. The maximum atomic E-state index is 12.1. The highest BCUT2D eigenvalue weighted by Gasteiger charge is 2.19. The summed E-state index contributed by atoms with van der Waals surface area (Å²) >= 11 is 0. The van der Waals surface area contributed by atoms with E-state index in [1.807, 2.05) is 18.2 Å². The SMILES string of the molecule is CC(CC(=O)NCc1nc(-c2ccc3c(c2)OCO3)no1)CC(C)(C)C. The summed E-state index contributed by atoms with van der Waals surface area (Å²) in [5.41, 5.74) is 0.987. The van der Waals surface area contributed by atoms with Crippen molar-refractivity contribution in [3.63, 3.8) is 0 Å². The molecule has 7 nitrogen and oxygen atoms in total. The van der Waals surface area contributed by atoms with Gasteiger partial charge in [-0.1, -0.05) is 32.9 Å². The molecule has 0 spiro atoms. The van der Waals surface area contributed by atoms with Crippen LogP contribution in [0.5, 0.6) is 11.5 Å². The van der Waals surface area contributed by atoms with E-state index < -0.39 is 0 Å². The number of fused-ring (bicyclic) bond motifs is 1. The van der Waals surface area contributed by atoms with Gasteiger partial charge in [0, 0.05) is 12.0 Å². The molecule has 1 aliphatic rings. The quantitative estimate of drug-likeness (QED) is 0.849. The zero-order chi connectivity index (χ0) is 18.7. The molecule has 3 rings (SSSR count). The van der Waals surface area contributed by atoms with Crippen molar-refractivity contribution in [2.45, 2.75) is 47.1 Å². The summed E-state index contributed by atoms with van der Waals surface area (Å²) in [5.74, 6) is 2.50. The molecule has 0 fully saturated rings. The fraction of sp³-hybridized carbons (Fsp3) is 0.526. The molecule has 2 aromatic rings. The van der Waals surface area contributed by atoms with Gasteiger partial charge in [0.05, 0.1) is 6.54 Å². The van der Waals surface area contributed by atoms with Gasteiger partial charge in [0.25, 0.3) is 0 Å². The number of carbonyl (C=O) groups excluding carboxylic acids is 1. The van der Waals surface area contributed by atoms with Gasteiger partial charge in [-0.3, -0.25) is 4.79 Å². The van der Waals surface area contributed by atoms with Crippen LogP contribution in [0.3, 0.4) is 0 Å². The summed E-state index contributed by atoms with van der Waals surface area (Å²) in [6.07, 6.45) is 1.48. The van der Waals surface area contributed by atoms with Crippen molar-refractivity contribution in [2.24, 2.45) is 11.3 Å². The van der Waals surface area contributed by atoms with Crippen molar-refractivity contribution >= 4 is 5.91 Å². The molecule has 1 unspecified atom stereocenters. The first-order chi connectivity index (χ1) is 12.3. The van der Waals surface area contributed by atoms with Crippen molar-refractivity contribution in [2.75, 3.05) is 6.79 Å². The van der Waals surface area contributed by atoms with Gasteiger partial charge in [-0.25, -0.2) is 0 Å². The average Bonchev–Trinajstić information content (AvgIpc) is 3.19. The molecule has 1 N–H and O–H groups in total. The molecule has 0 aliphatic carbocycles. The van der Waals surface area contributed by atoms with Crippen LogP contribution >= 0.6 is 0 Å². The number of ether oxygens (including phenoxy) is 2. The molecule has 0 saturated heterocycles. The molecule has 1 atom stereocenters. The molecule has 140 valence electrons. The molecule has 26 heavy (non-hydrogen) atoms. The van der Waals surface area contributed by atoms with E-state index in [4.69, 9.17) is 14.0 Å². The Bertz CT molecular complexity index is 779. The van der Waals surface area contributed by atoms with Gasteiger partial charge in [-0.2, -0.15) is 4.98 Å². The van der Waals surface area contributed by atoms with Crippen molar-refractivity contribution in [3.8, 4) is 22.9 Å². The molecule has 1 aliphatic heterocycles. The summed E-state index contributed by atoms with van der Waals surface area (Å²) in [7, 11) is 0. The fourth-order valence-corrected chi connectivity index (χ4v) is 3.16. The van der Waals surface area contributed by atoms with E-state index >= 15 is 0 Å². The summed E-state index contributed by atoms with van der Waals surface area (Å²) < 4.78 is 15.9. The van der Waals surface area contributed by atoms with Crippen molar-refractivity contribution in [1.29, 1.82) is 0 Å².